The van der Waals surface area contributed by atoms with E-state index < -0.39 is 5.38 Å². The number of carbonyl (C=O) groups excluding carboxylic acids is 1. The Labute approximate surface area is 89.3 Å². The molecule has 0 aromatic heterocycles. The minimum atomic E-state index is -0.503. The zero-order valence-electron chi connectivity index (χ0n) is 8.60. The molecule has 2 nitrogen and oxygen atoms in total. The Bertz CT molecular complexity index is 347. The average molecular weight is 212 g/mol. The van der Waals surface area contributed by atoms with Gasteiger partial charge in [-0.1, -0.05) is 6.07 Å². The van der Waals surface area contributed by atoms with Crippen LogP contribution in [0.3, 0.4) is 0 Å². The highest BCUT2D eigenvalue weighted by molar-refractivity contribution is 6.32. The number of carbonyl (C=O) groups is 1. The Balaban J connectivity index is 2.78. The van der Waals surface area contributed by atoms with E-state index in [0.29, 0.717) is 0 Å². The highest BCUT2D eigenvalue weighted by Crippen LogP contribution is 2.14. The number of aryl methyl sites for hydroxylation is 2. The summed E-state index contributed by atoms with van der Waals surface area (Å²) in [7, 11) is 0. The van der Waals surface area contributed by atoms with E-state index in [0.717, 1.165) is 11.3 Å². The van der Waals surface area contributed by atoms with Crippen LogP contribution < -0.4 is 5.32 Å². The van der Waals surface area contributed by atoms with E-state index in [1.54, 1.807) is 6.92 Å². The minimum absolute atomic E-state index is 0.171. The van der Waals surface area contributed by atoms with Crippen molar-refractivity contribution in [3.05, 3.63) is 29.3 Å². The number of alkyl halides is 1. The molecule has 1 N–H and O–H groups in total. The first-order chi connectivity index (χ1) is 6.50. The maximum atomic E-state index is 11.3. The van der Waals surface area contributed by atoms with Gasteiger partial charge >= 0.3 is 0 Å². The summed E-state index contributed by atoms with van der Waals surface area (Å²) in [5.74, 6) is -0.171. The molecule has 0 aliphatic rings. The second-order valence-electron chi connectivity index (χ2n) is 3.40. The second kappa shape index (κ2) is 4.47. The van der Waals surface area contributed by atoms with Crippen LogP contribution in [0.1, 0.15) is 18.1 Å². The van der Waals surface area contributed by atoms with E-state index in [4.69, 9.17) is 11.6 Å². The summed E-state index contributed by atoms with van der Waals surface area (Å²) in [6.07, 6.45) is 0. The minimum Gasteiger partial charge on any atom is -0.325 e. The first-order valence-corrected chi connectivity index (χ1v) is 4.96. The summed E-state index contributed by atoms with van der Waals surface area (Å²) in [5.41, 5.74) is 3.16. The molecule has 76 valence electrons. The van der Waals surface area contributed by atoms with E-state index in [-0.39, 0.29) is 5.91 Å². The molecule has 0 fully saturated rings. The molecule has 0 aliphatic heterocycles. The largest absolute Gasteiger partial charge is 0.325 e. The van der Waals surface area contributed by atoms with Crippen molar-refractivity contribution in [2.24, 2.45) is 0 Å². The lowest BCUT2D eigenvalue weighted by molar-refractivity contribution is -0.115. The maximum absolute atomic E-state index is 11.3. The third kappa shape index (κ3) is 2.74. The highest BCUT2D eigenvalue weighted by atomic mass is 35.5. The Kier molecular flexibility index (Phi) is 3.53. The van der Waals surface area contributed by atoms with Crippen molar-refractivity contribution >= 4 is 23.2 Å². The van der Waals surface area contributed by atoms with Gasteiger partial charge in [-0.3, -0.25) is 4.79 Å². The molecular weight excluding hydrogens is 198 g/mol. The second-order valence-corrected chi connectivity index (χ2v) is 4.06. The number of amides is 1. The summed E-state index contributed by atoms with van der Waals surface area (Å²) in [6, 6.07) is 5.79. The predicted octanol–water partition coefficient (Wildman–Crippen LogP) is 2.87. The Morgan fingerprint density at radius 3 is 2.50 bits per heavy atom. The van der Waals surface area contributed by atoms with Crippen molar-refractivity contribution in [3.8, 4) is 0 Å². The van der Waals surface area contributed by atoms with Gasteiger partial charge in [0.15, 0.2) is 0 Å². The first kappa shape index (κ1) is 11.1. The van der Waals surface area contributed by atoms with Gasteiger partial charge in [0, 0.05) is 5.69 Å². The summed E-state index contributed by atoms with van der Waals surface area (Å²) in [5, 5.41) is 2.24. The first-order valence-electron chi connectivity index (χ1n) is 4.53. The average Bonchev–Trinajstić information content (AvgIpc) is 2.11. The molecule has 1 atom stereocenters. The fourth-order valence-corrected chi connectivity index (χ4v) is 1.12. The standard InChI is InChI=1S/C11H14ClNO/c1-7-4-5-10(6-8(7)2)13-11(14)9(3)12/h4-6,9H,1-3H3,(H,13,14). The molecule has 0 bridgehead atoms. The molecular formula is C11H14ClNO. The van der Waals surface area contributed by atoms with E-state index in [1.807, 2.05) is 32.0 Å². The van der Waals surface area contributed by atoms with Crippen molar-refractivity contribution in [2.75, 3.05) is 5.32 Å². The third-order valence-corrected chi connectivity index (χ3v) is 2.33. The van der Waals surface area contributed by atoms with Crippen LogP contribution in [0.4, 0.5) is 5.69 Å². The number of anilines is 1. The third-order valence-electron chi connectivity index (χ3n) is 2.14. The van der Waals surface area contributed by atoms with Crippen LogP contribution >= 0.6 is 11.6 Å². The van der Waals surface area contributed by atoms with E-state index >= 15 is 0 Å². The van der Waals surface area contributed by atoms with Gasteiger partial charge in [0.25, 0.3) is 0 Å². The number of benzene rings is 1. The van der Waals surface area contributed by atoms with Crippen molar-refractivity contribution in [1.29, 1.82) is 0 Å². The Hall–Kier alpha value is -1.02. The summed E-state index contributed by atoms with van der Waals surface area (Å²) in [6.45, 7) is 5.69. The van der Waals surface area contributed by atoms with Crippen molar-refractivity contribution in [3.63, 3.8) is 0 Å². The van der Waals surface area contributed by atoms with Crippen molar-refractivity contribution in [2.45, 2.75) is 26.1 Å². The Morgan fingerprint density at radius 2 is 2.00 bits per heavy atom. The molecule has 0 saturated carbocycles. The quantitative estimate of drug-likeness (QED) is 0.749. The van der Waals surface area contributed by atoms with Crippen LogP contribution in [-0.4, -0.2) is 11.3 Å². The van der Waals surface area contributed by atoms with Gasteiger partial charge in [0.2, 0.25) is 5.91 Å². The molecule has 0 aliphatic carbocycles. The lowest BCUT2D eigenvalue weighted by Gasteiger charge is -2.08. The lowest BCUT2D eigenvalue weighted by Crippen LogP contribution is -2.20. The summed E-state index contributed by atoms with van der Waals surface area (Å²) >= 11 is 5.64. The number of nitrogens with one attached hydrogen (secondary N) is 1. The van der Waals surface area contributed by atoms with Crippen molar-refractivity contribution < 1.29 is 4.79 Å². The van der Waals surface area contributed by atoms with Gasteiger partial charge < -0.3 is 5.32 Å². The highest BCUT2D eigenvalue weighted by Gasteiger charge is 2.08. The van der Waals surface area contributed by atoms with Gasteiger partial charge in [-0.05, 0) is 44.0 Å². The smallest absolute Gasteiger partial charge is 0.242 e. The van der Waals surface area contributed by atoms with Crippen LogP contribution in [0, 0.1) is 13.8 Å². The number of hydrogen-bond donors (Lipinski definition) is 1. The SMILES string of the molecule is Cc1ccc(NC(=O)C(C)Cl)cc1C. The van der Waals surface area contributed by atoms with Gasteiger partial charge in [-0.25, -0.2) is 0 Å². The molecule has 0 radical (unpaired) electrons. The molecule has 0 heterocycles. The molecule has 14 heavy (non-hydrogen) atoms. The zero-order valence-corrected chi connectivity index (χ0v) is 9.35. The van der Waals surface area contributed by atoms with E-state index in [1.165, 1.54) is 5.56 Å². The summed E-state index contributed by atoms with van der Waals surface area (Å²) in [4.78, 5) is 11.3. The molecule has 1 amide bonds. The lowest BCUT2D eigenvalue weighted by atomic mass is 10.1. The molecule has 1 unspecified atom stereocenters. The van der Waals surface area contributed by atoms with Gasteiger partial charge in [0.05, 0.1) is 0 Å². The molecule has 1 rings (SSSR count). The Morgan fingerprint density at radius 1 is 1.36 bits per heavy atom. The molecule has 3 heteroatoms. The molecule has 0 spiro atoms. The number of rotatable bonds is 2. The topological polar surface area (TPSA) is 29.1 Å². The van der Waals surface area contributed by atoms with E-state index in [9.17, 15) is 4.79 Å². The normalized spacial score (nSPS) is 12.3. The van der Waals surface area contributed by atoms with Gasteiger partial charge in [-0.15, -0.1) is 11.6 Å². The maximum Gasteiger partial charge on any atom is 0.242 e. The zero-order chi connectivity index (χ0) is 10.7. The predicted molar refractivity (Wildman–Crippen MR) is 59.9 cm³/mol. The fraction of sp³-hybridized carbons (Fsp3) is 0.364. The molecule has 0 saturated heterocycles. The van der Waals surface area contributed by atoms with Gasteiger partial charge in [0.1, 0.15) is 5.38 Å². The van der Waals surface area contributed by atoms with Crippen LogP contribution in [0.5, 0.6) is 0 Å². The van der Waals surface area contributed by atoms with Crippen LogP contribution in [0.2, 0.25) is 0 Å². The molecule has 1 aromatic rings. The van der Waals surface area contributed by atoms with Crippen molar-refractivity contribution in [1.82, 2.24) is 0 Å². The van der Waals surface area contributed by atoms with Crippen LogP contribution in [0.15, 0.2) is 18.2 Å². The number of halogens is 1. The van der Waals surface area contributed by atoms with Crippen LogP contribution in [0.25, 0.3) is 0 Å². The fourth-order valence-electron chi connectivity index (χ4n) is 1.06. The van der Waals surface area contributed by atoms with Crippen LogP contribution in [-0.2, 0) is 4.79 Å². The van der Waals surface area contributed by atoms with E-state index in [2.05, 4.69) is 5.32 Å². The monoisotopic (exact) mass is 211 g/mol. The summed E-state index contributed by atoms with van der Waals surface area (Å²) < 4.78 is 0. The number of hydrogen-bond acceptors (Lipinski definition) is 1. The molecule has 1 aromatic carbocycles. The van der Waals surface area contributed by atoms with Gasteiger partial charge in [-0.2, -0.15) is 0 Å².